The second kappa shape index (κ2) is 8.91. The van der Waals surface area contributed by atoms with Gasteiger partial charge in [-0.15, -0.1) is 0 Å². The summed E-state index contributed by atoms with van der Waals surface area (Å²) in [7, 11) is 0. The minimum atomic E-state index is -0.260. The maximum absolute atomic E-state index is 11.3. The molecular weight excluding hydrogens is 356 g/mol. The van der Waals surface area contributed by atoms with E-state index in [1.807, 2.05) is 42.7 Å². The minimum absolute atomic E-state index is 0.260. The normalized spacial score (nSPS) is 11.0. The molecule has 0 aliphatic heterocycles. The van der Waals surface area contributed by atoms with Crippen LogP contribution in [-0.2, 0) is 22.7 Å². The molecule has 0 aliphatic carbocycles. The van der Waals surface area contributed by atoms with Gasteiger partial charge in [0, 0.05) is 42.5 Å². The quantitative estimate of drug-likeness (QED) is 0.524. The lowest BCUT2D eigenvalue weighted by Crippen LogP contribution is -2.02. The highest BCUT2D eigenvalue weighted by Gasteiger charge is 2.20. The molecule has 0 amide bonds. The van der Waals surface area contributed by atoms with Crippen molar-refractivity contribution in [3.63, 3.8) is 0 Å². The molecule has 0 atom stereocenters. The van der Waals surface area contributed by atoms with E-state index in [4.69, 9.17) is 4.74 Å². The average molecular weight is 381 g/mol. The molecule has 27 heavy (non-hydrogen) atoms. The van der Waals surface area contributed by atoms with Crippen molar-refractivity contribution in [2.75, 3.05) is 0 Å². The number of esters is 1. The third-order valence-corrected chi connectivity index (χ3v) is 5.37. The van der Waals surface area contributed by atoms with Gasteiger partial charge in [-0.1, -0.05) is 43.8 Å². The topological polar surface area (TPSA) is 44.1 Å². The van der Waals surface area contributed by atoms with Gasteiger partial charge in [0.2, 0.25) is 0 Å². The molecule has 3 rings (SSSR count). The van der Waals surface area contributed by atoms with Crippen molar-refractivity contribution in [1.82, 2.24) is 9.55 Å². The second-order valence-electron chi connectivity index (χ2n) is 6.71. The van der Waals surface area contributed by atoms with Crippen molar-refractivity contribution in [1.29, 1.82) is 0 Å². The van der Waals surface area contributed by atoms with Crippen LogP contribution in [0.3, 0.4) is 0 Å². The number of nitrogens with zero attached hydrogens (tertiary/aromatic N) is 2. The van der Waals surface area contributed by atoms with Gasteiger partial charge in [0.25, 0.3) is 0 Å². The van der Waals surface area contributed by atoms with Crippen LogP contribution in [0.15, 0.2) is 71.0 Å². The number of carbonyl (C=O) groups excluding carboxylic acids is 1. The van der Waals surface area contributed by atoms with Gasteiger partial charge in [0.15, 0.2) is 0 Å². The van der Waals surface area contributed by atoms with E-state index in [0.717, 1.165) is 12.1 Å². The molecule has 0 saturated heterocycles. The molecule has 0 spiro atoms. The van der Waals surface area contributed by atoms with E-state index >= 15 is 0 Å². The van der Waals surface area contributed by atoms with E-state index in [1.165, 1.54) is 28.0 Å². The first kappa shape index (κ1) is 19.2. The summed E-state index contributed by atoms with van der Waals surface area (Å²) in [4.78, 5) is 16.6. The van der Waals surface area contributed by atoms with Crippen molar-refractivity contribution in [3.8, 4) is 0 Å². The molecule has 2 heterocycles. The van der Waals surface area contributed by atoms with E-state index in [-0.39, 0.29) is 5.97 Å². The van der Waals surface area contributed by atoms with Crippen molar-refractivity contribution in [3.05, 3.63) is 77.7 Å². The van der Waals surface area contributed by atoms with Crippen LogP contribution in [-0.4, -0.2) is 15.5 Å². The SMILES string of the molecule is CC(=O)OCc1cn(Cc2ccncc2)c(Sc2ccccc2)c1C(C)C. The molecule has 0 radical (unpaired) electrons. The number of rotatable bonds is 7. The molecule has 3 aromatic rings. The summed E-state index contributed by atoms with van der Waals surface area (Å²) < 4.78 is 7.57. The Labute approximate surface area is 164 Å². The van der Waals surface area contributed by atoms with Gasteiger partial charge in [-0.2, -0.15) is 0 Å². The standard InChI is InChI=1S/C22H24N2O2S/c1-16(2)21-19(15-26-17(3)25)14-24(13-18-9-11-23-12-10-18)22(21)27-20-7-5-4-6-8-20/h4-12,14,16H,13,15H2,1-3H3. The molecule has 0 fully saturated rings. The van der Waals surface area contributed by atoms with Gasteiger partial charge in [0.05, 0.1) is 5.03 Å². The summed E-state index contributed by atoms with van der Waals surface area (Å²) in [6.45, 7) is 6.85. The summed E-state index contributed by atoms with van der Waals surface area (Å²) in [6, 6.07) is 14.4. The van der Waals surface area contributed by atoms with Crippen LogP contribution in [0, 0.1) is 0 Å². The van der Waals surface area contributed by atoms with E-state index in [0.29, 0.717) is 12.5 Å². The zero-order valence-electron chi connectivity index (χ0n) is 15.9. The molecule has 5 heteroatoms. The van der Waals surface area contributed by atoms with Crippen molar-refractivity contribution in [2.45, 2.75) is 49.8 Å². The number of ether oxygens (including phenoxy) is 1. The molecule has 140 valence electrons. The Bertz CT molecular complexity index is 889. The largest absolute Gasteiger partial charge is 0.461 e. The highest BCUT2D eigenvalue weighted by Crippen LogP contribution is 2.38. The van der Waals surface area contributed by atoms with Crippen molar-refractivity contribution < 1.29 is 9.53 Å². The summed E-state index contributed by atoms with van der Waals surface area (Å²) in [5, 5.41) is 1.19. The highest BCUT2D eigenvalue weighted by atomic mass is 32.2. The Hall–Kier alpha value is -2.53. The van der Waals surface area contributed by atoms with Gasteiger partial charge in [-0.05, 0) is 41.3 Å². The van der Waals surface area contributed by atoms with Gasteiger partial charge in [-0.25, -0.2) is 0 Å². The predicted octanol–water partition coefficient (Wildman–Crippen LogP) is 5.27. The minimum Gasteiger partial charge on any atom is -0.461 e. The Balaban J connectivity index is 2.02. The number of hydrogen-bond donors (Lipinski definition) is 0. The summed E-state index contributed by atoms with van der Waals surface area (Å²) in [5.74, 6) is 0.0595. The fraction of sp³-hybridized carbons (Fsp3) is 0.273. The Morgan fingerprint density at radius 2 is 1.85 bits per heavy atom. The molecule has 4 nitrogen and oxygen atoms in total. The third kappa shape index (κ3) is 5.01. The number of carbonyl (C=O) groups is 1. The van der Waals surface area contributed by atoms with Gasteiger partial charge in [-0.3, -0.25) is 9.78 Å². The lowest BCUT2D eigenvalue weighted by Gasteiger charge is -2.14. The summed E-state index contributed by atoms with van der Waals surface area (Å²) in [6.07, 6.45) is 5.74. The molecule has 0 N–H and O–H groups in total. The maximum Gasteiger partial charge on any atom is 0.302 e. The molecule has 0 aliphatic rings. The van der Waals surface area contributed by atoms with Gasteiger partial charge < -0.3 is 9.30 Å². The summed E-state index contributed by atoms with van der Waals surface area (Å²) in [5.41, 5.74) is 3.48. The molecule has 0 saturated carbocycles. The van der Waals surface area contributed by atoms with Crippen LogP contribution in [0.2, 0.25) is 0 Å². The first-order valence-electron chi connectivity index (χ1n) is 9.01. The van der Waals surface area contributed by atoms with Crippen molar-refractivity contribution in [2.24, 2.45) is 0 Å². The predicted molar refractivity (Wildman–Crippen MR) is 108 cm³/mol. The van der Waals surface area contributed by atoms with Gasteiger partial charge >= 0.3 is 5.97 Å². The van der Waals surface area contributed by atoms with Crippen LogP contribution in [0.1, 0.15) is 43.4 Å². The Kier molecular flexibility index (Phi) is 6.35. The van der Waals surface area contributed by atoms with Crippen molar-refractivity contribution >= 4 is 17.7 Å². The second-order valence-corrected chi connectivity index (χ2v) is 7.77. The molecular formula is C22H24N2O2S. The monoisotopic (exact) mass is 380 g/mol. The smallest absolute Gasteiger partial charge is 0.302 e. The number of pyridine rings is 1. The van der Waals surface area contributed by atoms with E-state index in [9.17, 15) is 4.79 Å². The first-order chi connectivity index (χ1) is 13.0. The molecule has 2 aromatic heterocycles. The maximum atomic E-state index is 11.3. The summed E-state index contributed by atoms with van der Waals surface area (Å²) >= 11 is 1.75. The highest BCUT2D eigenvalue weighted by molar-refractivity contribution is 7.99. The number of aromatic nitrogens is 2. The Morgan fingerprint density at radius 1 is 1.15 bits per heavy atom. The average Bonchev–Trinajstić information content (AvgIpc) is 2.99. The van der Waals surface area contributed by atoms with Crippen LogP contribution in [0.5, 0.6) is 0 Å². The number of hydrogen-bond acceptors (Lipinski definition) is 4. The molecule has 0 bridgehead atoms. The fourth-order valence-corrected chi connectivity index (χ4v) is 4.26. The lowest BCUT2D eigenvalue weighted by molar-refractivity contribution is -0.142. The molecule has 1 aromatic carbocycles. The zero-order valence-corrected chi connectivity index (χ0v) is 16.7. The first-order valence-corrected chi connectivity index (χ1v) is 9.83. The fourth-order valence-electron chi connectivity index (χ4n) is 3.04. The van der Waals surface area contributed by atoms with Crippen LogP contribution < -0.4 is 0 Å². The van der Waals surface area contributed by atoms with Crippen LogP contribution in [0.4, 0.5) is 0 Å². The third-order valence-electron chi connectivity index (χ3n) is 4.22. The van der Waals surface area contributed by atoms with Crippen LogP contribution >= 0.6 is 11.8 Å². The number of benzene rings is 1. The van der Waals surface area contributed by atoms with E-state index in [1.54, 1.807) is 11.8 Å². The van der Waals surface area contributed by atoms with E-state index in [2.05, 4.69) is 41.7 Å². The zero-order chi connectivity index (χ0) is 19.2. The lowest BCUT2D eigenvalue weighted by atomic mass is 10.0. The Morgan fingerprint density at radius 3 is 2.48 bits per heavy atom. The van der Waals surface area contributed by atoms with Gasteiger partial charge in [0.1, 0.15) is 6.61 Å². The van der Waals surface area contributed by atoms with Crippen LogP contribution in [0.25, 0.3) is 0 Å². The molecule has 0 unspecified atom stereocenters. The van der Waals surface area contributed by atoms with E-state index < -0.39 is 0 Å².